The first-order valence-corrected chi connectivity index (χ1v) is 6.33. The van der Waals surface area contributed by atoms with Crippen LogP contribution in [0.2, 0.25) is 0 Å². The molecule has 1 aliphatic heterocycles. The van der Waals surface area contributed by atoms with Crippen LogP contribution in [0.1, 0.15) is 43.7 Å². The van der Waals surface area contributed by atoms with Crippen molar-refractivity contribution in [2.24, 2.45) is 0 Å². The molecule has 3 rings (SSSR count). The largest absolute Gasteiger partial charge is 0.423 e. The lowest BCUT2D eigenvalue weighted by Gasteiger charge is -2.26. The zero-order valence-electron chi connectivity index (χ0n) is 10.7. The van der Waals surface area contributed by atoms with E-state index in [2.05, 4.69) is 25.3 Å². The Morgan fingerprint density at radius 2 is 2.33 bits per heavy atom. The van der Waals surface area contributed by atoms with Crippen LogP contribution in [0, 0.1) is 0 Å². The summed E-state index contributed by atoms with van der Waals surface area (Å²) in [6.07, 6.45) is 4.06. The molecule has 0 unspecified atom stereocenters. The van der Waals surface area contributed by atoms with E-state index in [-0.39, 0.29) is 5.92 Å². The highest BCUT2D eigenvalue weighted by Gasteiger charge is 2.21. The third-order valence-electron chi connectivity index (χ3n) is 3.19. The van der Waals surface area contributed by atoms with Crippen molar-refractivity contribution in [2.45, 2.75) is 39.2 Å². The molecule has 0 atom stereocenters. The van der Waals surface area contributed by atoms with Crippen LogP contribution in [0.25, 0.3) is 0 Å². The molecule has 1 N–H and O–H groups in total. The number of aryl methyl sites for hydroxylation is 1. The average Bonchev–Trinajstić information content (AvgIpc) is 2.97. The molecule has 0 spiro atoms. The van der Waals surface area contributed by atoms with Gasteiger partial charge < -0.3 is 9.32 Å². The summed E-state index contributed by atoms with van der Waals surface area (Å²) < 4.78 is 5.64. The molecule has 18 heavy (non-hydrogen) atoms. The van der Waals surface area contributed by atoms with E-state index in [1.807, 2.05) is 20.0 Å². The molecule has 0 saturated carbocycles. The van der Waals surface area contributed by atoms with Gasteiger partial charge in [0, 0.05) is 12.5 Å². The van der Waals surface area contributed by atoms with Crippen LogP contribution in [0.3, 0.4) is 0 Å². The Morgan fingerprint density at radius 1 is 1.44 bits per heavy atom. The van der Waals surface area contributed by atoms with Crippen molar-refractivity contribution >= 4 is 5.69 Å². The second-order valence-electron chi connectivity index (χ2n) is 4.95. The zero-order valence-corrected chi connectivity index (χ0v) is 10.7. The van der Waals surface area contributed by atoms with E-state index >= 15 is 0 Å². The lowest BCUT2D eigenvalue weighted by Crippen LogP contribution is -2.28. The Bertz CT molecular complexity index is 530. The maximum absolute atomic E-state index is 5.64. The van der Waals surface area contributed by atoms with Crippen molar-refractivity contribution in [1.29, 1.82) is 0 Å². The van der Waals surface area contributed by atoms with Gasteiger partial charge in [-0.1, -0.05) is 13.8 Å². The van der Waals surface area contributed by atoms with E-state index in [4.69, 9.17) is 4.42 Å². The van der Waals surface area contributed by atoms with Gasteiger partial charge in [0.15, 0.2) is 0 Å². The van der Waals surface area contributed by atoms with Crippen molar-refractivity contribution in [1.82, 2.24) is 20.4 Å². The minimum absolute atomic E-state index is 0.275. The molecular formula is C12H17N5O. The van der Waals surface area contributed by atoms with Crippen LogP contribution in [-0.4, -0.2) is 26.9 Å². The Hall–Kier alpha value is -1.85. The first-order chi connectivity index (χ1) is 8.74. The van der Waals surface area contributed by atoms with Crippen molar-refractivity contribution in [2.75, 3.05) is 11.4 Å². The smallest absolute Gasteiger partial charge is 0.235 e. The fraction of sp³-hybridized carbons (Fsp3) is 0.583. The quantitative estimate of drug-likeness (QED) is 0.896. The molecule has 0 aromatic carbocycles. The molecule has 3 heterocycles. The van der Waals surface area contributed by atoms with Crippen molar-refractivity contribution in [3.8, 4) is 0 Å². The Kier molecular flexibility index (Phi) is 2.77. The summed E-state index contributed by atoms with van der Waals surface area (Å²) in [6, 6.07) is 0. The minimum Gasteiger partial charge on any atom is -0.423 e. The molecule has 0 bridgehead atoms. The molecule has 0 saturated heterocycles. The molecule has 0 radical (unpaired) electrons. The summed E-state index contributed by atoms with van der Waals surface area (Å²) in [7, 11) is 0. The van der Waals surface area contributed by atoms with Crippen LogP contribution in [0.4, 0.5) is 5.69 Å². The van der Waals surface area contributed by atoms with Crippen LogP contribution in [-0.2, 0) is 13.0 Å². The van der Waals surface area contributed by atoms with Crippen molar-refractivity contribution in [3.63, 3.8) is 0 Å². The summed E-state index contributed by atoms with van der Waals surface area (Å²) in [5.74, 6) is 1.65. The first-order valence-electron chi connectivity index (χ1n) is 6.33. The van der Waals surface area contributed by atoms with E-state index in [9.17, 15) is 0 Å². The van der Waals surface area contributed by atoms with E-state index in [1.54, 1.807) is 0 Å². The standard InChI is InChI=1S/C12H17N5O/c1-8(2)12-16-15-11(18-12)7-17-5-3-4-9-10(17)6-13-14-9/h6,8H,3-5,7H2,1-2H3,(H,13,14). The number of aromatic nitrogens is 4. The number of hydrogen-bond acceptors (Lipinski definition) is 5. The van der Waals surface area contributed by atoms with Crippen LogP contribution >= 0.6 is 0 Å². The normalized spacial score (nSPS) is 15.2. The van der Waals surface area contributed by atoms with Crippen molar-refractivity contribution < 1.29 is 4.42 Å². The monoisotopic (exact) mass is 247 g/mol. The highest BCUT2D eigenvalue weighted by atomic mass is 16.4. The third-order valence-corrected chi connectivity index (χ3v) is 3.19. The SMILES string of the molecule is CC(C)c1nnc(CN2CCCc3[nH]ncc32)o1. The van der Waals surface area contributed by atoms with Gasteiger partial charge in [-0.2, -0.15) is 5.10 Å². The Morgan fingerprint density at radius 3 is 3.11 bits per heavy atom. The van der Waals surface area contributed by atoms with E-state index in [0.717, 1.165) is 25.1 Å². The molecule has 0 amide bonds. The number of rotatable bonds is 3. The number of H-pyrrole nitrogens is 1. The van der Waals surface area contributed by atoms with Gasteiger partial charge >= 0.3 is 0 Å². The number of nitrogens with zero attached hydrogens (tertiary/aromatic N) is 4. The number of hydrogen-bond donors (Lipinski definition) is 1. The summed E-state index contributed by atoms with van der Waals surface area (Å²) >= 11 is 0. The lowest BCUT2D eigenvalue weighted by molar-refractivity contribution is 0.426. The predicted octanol–water partition coefficient (Wildman–Crippen LogP) is 1.87. The molecule has 6 nitrogen and oxygen atoms in total. The molecule has 0 fully saturated rings. The third kappa shape index (κ3) is 1.98. The summed E-state index contributed by atoms with van der Waals surface area (Å²) in [5.41, 5.74) is 2.36. The van der Waals surface area contributed by atoms with Gasteiger partial charge in [-0.15, -0.1) is 10.2 Å². The second-order valence-corrected chi connectivity index (χ2v) is 4.95. The van der Waals surface area contributed by atoms with Crippen LogP contribution < -0.4 is 4.90 Å². The fourth-order valence-electron chi connectivity index (χ4n) is 2.22. The minimum atomic E-state index is 0.275. The van der Waals surface area contributed by atoms with Gasteiger partial charge in [0.25, 0.3) is 0 Å². The van der Waals surface area contributed by atoms with Crippen LogP contribution in [0.15, 0.2) is 10.6 Å². The van der Waals surface area contributed by atoms with E-state index in [1.165, 1.54) is 5.69 Å². The first kappa shape index (κ1) is 11.3. The molecular weight excluding hydrogens is 230 g/mol. The number of anilines is 1. The van der Waals surface area contributed by atoms with Gasteiger partial charge in [0.05, 0.1) is 24.1 Å². The maximum Gasteiger partial charge on any atom is 0.235 e. The maximum atomic E-state index is 5.64. The van der Waals surface area contributed by atoms with Gasteiger partial charge in [-0.3, -0.25) is 5.10 Å². The van der Waals surface area contributed by atoms with Gasteiger partial charge in [0.2, 0.25) is 11.8 Å². The molecule has 2 aromatic rings. The summed E-state index contributed by atoms with van der Waals surface area (Å²) in [6.45, 7) is 5.76. The molecule has 1 aliphatic rings. The van der Waals surface area contributed by atoms with Gasteiger partial charge in [-0.05, 0) is 12.8 Å². The van der Waals surface area contributed by atoms with Crippen molar-refractivity contribution in [3.05, 3.63) is 23.7 Å². The van der Waals surface area contributed by atoms with Crippen LogP contribution in [0.5, 0.6) is 0 Å². The lowest BCUT2D eigenvalue weighted by atomic mass is 10.1. The molecule has 2 aromatic heterocycles. The topological polar surface area (TPSA) is 70.8 Å². The van der Waals surface area contributed by atoms with E-state index < -0.39 is 0 Å². The summed E-state index contributed by atoms with van der Waals surface area (Å²) in [4.78, 5) is 2.24. The Balaban J connectivity index is 1.77. The molecule has 96 valence electrons. The zero-order chi connectivity index (χ0) is 12.5. The second kappa shape index (κ2) is 4.44. The highest BCUT2D eigenvalue weighted by molar-refractivity contribution is 5.50. The number of aromatic amines is 1. The van der Waals surface area contributed by atoms with E-state index in [0.29, 0.717) is 18.3 Å². The molecule has 0 aliphatic carbocycles. The Labute approximate surface area is 105 Å². The summed E-state index contributed by atoms with van der Waals surface area (Å²) in [5, 5.41) is 15.3. The fourth-order valence-corrected chi connectivity index (χ4v) is 2.22. The number of nitrogens with one attached hydrogen (secondary N) is 1. The average molecular weight is 247 g/mol. The van der Waals surface area contributed by atoms with Gasteiger partial charge in [-0.25, -0.2) is 0 Å². The van der Waals surface area contributed by atoms with Gasteiger partial charge in [0.1, 0.15) is 0 Å². The number of fused-ring (bicyclic) bond motifs is 1. The molecule has 6 heteroatoms. The predicted molar refractivity (Wildman–Crippen MR) is 66.3 cm³/mol. The highest BCUT2D eigenvalue weighted by Crippen LogP contribution is 2.26.